The molecule has 3 nitrogen and oxygen atoms in total. The quantitative estimate of drug-likeness (QED) is 0.664. The first-order valence-corrected chi connectivity index (χ1v) is 7.52. The van der Waals surface area contributed by atoms with Gasteiger partial charge in [0.1, 0.15) is 0 Å². The first-order chi connectivity index (χ1) is 9.78. The summed E-state index contributed by atoms with van der Waals surface area (Å²) in [6, 6.07) is 15.8. The van der Waals surface area contributed by atoms with Crippen molar-refractivity contribution in [3.05, 3.63) is 60.3 Å². The summed E-state index contributed by atoms with van der Waals surface area (Å²) in [6.45, 7) is 0. The molecular formula is C16H14N2OS. The molecule has 0 unspecified atom stereocenters. The highest BCUT2D eigenvalue weighted by atomic mass is 32.2. The van der Waals surface area contributed by atoms with Gasteiger partial charge < -0.3 is 10.6 Å². The molecule has 0 saturated heterocycles. The van der Waals surface area contributed by atoms with Gasteiger partial charge in [-0.15, -0.1) is 11.8 Å². The number of rotatable bonds is 3. The summed E-state index contributed by atoms with van der Waals surface area (Å²) in [5.41, 5.74) is 3.43. The van der Waals surface area contributed by atoms with E-state index in [9.17, 15) is 4.79 Å². The third-order valence-electron chi connectivity index (χ3n) is 3.18. The van der Waals surface area contributed by atoms with Gasteiger partial charge >= 0.3 is 0 Å². The second-order valence-corrected chi connectivity index (χ2v) is 5.31. The van der Waals surface area contributed by atoms with Crippen LogP contribution >= 0.6 is 11.8 Å². The van der Waals surface area contributed by atoms with Crippen molar-refractivity contribution in [3.8, 4) is 0 Å². The maximum atomic E-state index is 11.9. The van der Waals surface area contributed by atoms with Crippen molar-refractivity contribution < 1.29 is 4.79 Å². The third kappa shape index (κ3) is 2.42. The molecule has 2 aromatic rings. The second-order valence-electron chi connectivity index (χ2n) is 4.43. The van der Waals surface area contributed by atoms with E-state index in [1.54, 1.807) is 18.0 Å². The molecule has 2 N–H and O–H groups in total. The molecule has 0 saturated carbocycles. The van der Waals surface area contributed by atoms with Gasteiger partial charge in [0.2, 0.25) is 0 Å². The van der Waals surface area contributed by atoms with E-state index in [-0.39, 0.29) is 5.91 Å². The predicted octanol–water partition coefficient (Wildman–Crippen LogP) is 3.81. The fraction of sp³-hybridized carbons (Fsp3) is 0.0625. The second kappa shape index (κ2) is 5.43. The van der Waals surface area contributed by atoms with E-state index in [0.29, 0.717) is 5.57 Å². The molecule has 0 radical (unpaired) electrons. The fourth-order valence-electron chi connectivity index (χ4n) is 2.12. The van der Waals surface area contributed by atoms with Gasteiger partial charge in [-0.3, -0.25) is 4.79 Å². The van der Waals surface area contributed by atoms with E-state index in [4.69, 9.17) is 0 Å². The number of carbonyl (C=O) groups is 1. The summed E-state index contributed by atoms with van der Waals surface area (Å²) in [7, 11) is 0. The fourth-order valence-corrected chi connectivity index (χ4v) is 2.53. The van der Waals surface area contributed by atoms with Gasteiger partial charge in [-0.25, -0.2) is 0 Å². The standard InChI is InChI=1S/C16H14N2OS/c1-20-12-8-6-11(7-9-12)17-10-14-13-4-2-3-5-15(13)18-16(14)19/h2-10,17H,1H3,(H,18,19). The summed E-state index contributed by atoms with van der Waals surface area (Å²) in [5.74, 6) is -0.0700. The van der Waals surface area contributed by atoms with E-state index < -0.39 is 0 Å². The van der Waals surface area contributed by atoms with Crippen molar-refractivity contribution in [2.24, 2.45) is 0 Å². The van der Waals surface area contributed by atoms with Gasteiger partial charge in [0, 0.05) is 28.0 Å². The molecule has 0 bridgehead atoms. The number of thioether (sulfide) groups is 1. The van der Waals surface area contributed by atoms with Gasteiger partial charge in [-0.05, 0) is 36.6 Å². The Balaban J connectivity index is 1.83. The number of para-hydroxylation sites is 1. The van der Waals surface area contributed by atoms with Crippen LogP contribution in [0.15, 0.2) is 59.6 Å². The zero-order chi connectivity index (χ0) is 13.9. The smallest absolute Gasteiger partial charge is 0.257 e. The van der Waals surface area contributed by atoms with Crippen LogP contribution in [0.3, 0.4) is 0 Å². The number of anilines is 2. The van der Waals surface area contributed by atoms with Gasteiger partial charge in [0.05, 0.1) is 5.57 Å². The van der Waals surface area contributed by atoms with Crippen molar-refractivity contribution in [3.63, 3.8) is 0 Å². The monoisotopic (exact) mass is 282 g/mol. The van der Waals surface area contributed by atoms with Crippen LogP contribution in [0, 0.1) is 0 Å². The highest BCUT2D eigenvalue weighted by Gasteiger charge is 2.23. The molecule has 3 rings (SSSR count). The Morgan fingerprint density at radius 1 is 1.10 bits per heavy atom. The molecular weight excluding hydrogens is 268 g/mol. The molecule has 0 spiro atoms. The van der Waals surface area contributed by atoms with Crippen LogP contribution in [0.4, 0.5) is 11.4 Å². The number of benzene rings is 2. The van der Waals surface area contributed by atoms with Gasteiger partial charge in [0.15, 0.2) is 0 Å². The van der Waals surface area contributed by atoms with Crippen molar-refractivity contribution in [2.75, 3.05) is 16.9 Å². The number of hydrogen-bond donors (Lipinski definition) is 2. The Bertz CT molecular complexity index is 677. The van der Waals surface area contributed by atoms with Crippen molar-refractivity contribution in [1.29, 1.82) is 0 Å². The van der Waals surface area contributed by atoms with E-state index >= 15 is 0 Å². The maximum absolute atomic E-state index is 11.9. The lowest BCUT2D eigenvalue weighted by molar-refractivity contribution is -0.110. The topological polar surface area (TPSA) is 41.1 Å². The van der Waals surface area contributed by atoms with Gasteiger partial charge in [-0.2, -0.15) is 0 Å². The normalized spacial score (nSPS) is 15.1. The summed E-state index contributed by atoms with van der Waals surface area (Å²) >= 11 is 1.70. The summed E-state index contributed by atoms with van der Waals surface area (Å²) in [5, 5.41) is 6.03. The van der Waals surface area contributed by atoms with Gasteiger partial charge in [-0.1, -0.05) is 18.2 Å². The third-order valence-corrected chi connectivity index (χ3v) is 3.93. The Morgan fingerprint density at radius 3 is 2.60 bits per heavy atom. The molecule has 0 aliphatic carbocycles. The molecule has 0 fully saturated rings. The van der Waals surface area contributed by atoms with Crippen LogP contribution in [-0.2, 0) is 4.79 Å². The largest absolute Gasteiger partial charge is 0.361 e. The number of amides is 1. The minimum absolute atomic E-state index is 0.0700. The number of fused-ring (bicyclic) bond motifs is 1. The molecule has 20 heavy (non-hydrogen) atoms. The molecule has 2 aromatic carbocycles. The first kappa shape index (κ1) is 12.8. The molecule has 1 aliphatic heterocycles. The lowest BCUT2D eigenvalue weighted by Gasteiger charge is -2.03. The van der Waals surface area contributed by atoms with Crippen LogP contribution in [0.25, 0.3) is 5.57 Å². The molecule has 4 heteroatoms. The summed E-state index contributed by atoms with van der Waals surface area (Å²) < 4.78 is 0. The lowest BCUT2D eigenvalue weighted by Crippen LogP contribution is -2.05. The van der Waals surface area contributed by atoms with Crippen molar-refractivity contribution in [2.45, 2.75) is 4.90 Å². The number of nitrogens with one attached hydrogen (secondary N) is 2. The zero-order valence-corrected chi connectivity index (χ0v) is 11.8. The van der Waals surface area contributed by atoms with Crippen LogP contribution < -0.4 is 10.6 Å². The molecule has 100 valence electrons. The van der Waals surface area contributed by atoms with E-state index in [1.165, 1.54) is 4.90 Å². The molecule has 0 atom stereocenters. The highest BCUT2D eigenvalue weighted by molar-refractivity contribution is 7.98. The predicted molar refractivity (Wildman–Crippen MR) is 84.9 cm³/mol. The number of hydrogen-bond acceptors (Lipinski definition) is 3. The van der Waals surface area contributed by atoms with Crippen molar-refractivity contribution >= 4 is 34.6 Å². The minimum atomic E-state index is -0.0700. The summed E-state index contributed by atoms with van der Waals surface area (Å²) in [6.07, 6.45) is 3.81. The molecule has 1 heterocycles. The highest BCUT2D eigenvalue weighted by Crippen LogP contribution is 2.31. The Kier molecular flexibility index (Phi) is 3.48. The average Bonchev–Trinajstić information content (AvgIpc) is 2.81. The first-order valence-electron chi connectivity index (χ1n) is 6.29. The van der Waals surface area contributed by atoms with Gasteiger partial charge in [0.25, 0.3) is 5.91 Å². The van der Waals surface area contributed by atoms with Crippen LogP contribution in [0.2, 0.25) is 0 Å². The Labute approximate surface area is 122 Å². The average molecular weight is 282 g/mol. The van der Waals surface area contributed by atoms with E-state index in [2.05, 4.69) is 10.6 Å². The number of carbonyl (C=O) groups excluding carboxylic acids is 1. The Hall–Kier alpha value is -2.20. The minimum Gasteiger partial charge on any atom is -0.361 e. The molecule has 1 aliphatic rings. The van der Waals surface area contributed by atoms with Crippen LogP contribution in [0.1, 0.15) is 5.56 Å². The van der Waals surface area contributed by atoms with E-state index in [1.807, 2.05) is 54.8 Å². The molecule has 0 aromatic heterocycles. The molecule has 1 amide bonds. The SMILES string of the molecule is CSc1ccc(NC=C2C(=O)Nc3ccccc32)cc1. The zero-order valence-electron chi connectivity index (χ0n) is 11.0. The van der Waals surface area contributed by atoms with Crippen molar-refractivity contribution in [1.82, 2.24) is 0 Å². The summed E-state index contributed by atoms with van der Waals surface area (Å²) in [4.78, 5) is 13.1. The maximum Gasteiger partial charge on any atom is 0.257 e. The van der Waals surface area contributed by atoms with Crippen LogP contribution in [0.5, 0.6) is 0 Å². The van der Waals surface area contributed by atoms with E-state index in [0.717, 1.165) is 16.9 Å². The van der Waals surface area contributed by atoms with Crippen LogP contribution in [-0.4, -0.2) is 12.2 Å². The lowest BCUT2D eigenvalue weighted by atomic mass is 10.1. The Morgan fingerprint density at radius 2 is 1.85 bits per heavy atom.